The summed E-state index contributed by atoms with van der Waals surface area (Å²) < 4.78 is 31.7. The van der Waals surface area contributed by atoms with E-state index in [-0.39, 0.29) is 46.4 Å². The lowest BCUT2D eigenvalue weighted by molar-refractivity contribution is -0.134. The first-order valence-corrected chi connectivity index (χ1v) is 14.7. The van der Waals surface area contributed by atoms with Gasteiger partial charge in [-0.05, 0) is 61.3 Å². The number of allylic oxidation sites excluding steroid dienone is 1. The van der Waals surface area contributed by atoms with Crippen LogP contribution in [0.3, 0.4) is 0 Å². The molecule has 236 valence electrons. The van der Waals surface area contributed by atoms with E-state index in [4.69, 9.17) is 17.2 Å². The number of ketones is 1. The van der Waals surface area contributed by atoms with Crippen LogP contribution in [0.15, 0.2) is 72.8 Å². The van der Waals surface area contributed by atoms with Crippen LogP contribution in [0.5, 0.6) is 0 Å². The Morgan fingerprint density at radius 2 is 1.67 bits per heavy atom. The second kappa shape index (κ2) is 11.8. The number of carbonyl (C=O) groups is 3. The predicted molar refractivity (Wildman–Crippen MR) is 167 cm³/mol. The third-order valence-corrected chi connectivity index (χ3v) is 8.78. The molecule has 1 fully saturated rings. The molecule has 2 aromatic carbocycles. The number of primary amides is 2. The number of rotatable bonds is 7. The molecule has 0 radical (unpaired) electrons. The minimum Gasteiger partial charge on any atom is -0.383 e. The second-order valence-corrected chi connectivity index (χ2v) is 11.6. The number of hydrogen-bond donors (Lipinski definition) is 4. The van der Waals surface area contributed by atoms with Gasteiger partial charge in [-0.25, -0.2) is 13.8 Å². The fraction of sp³-hybridized carbons (Fsp3) is 0.242. The van der Waals surface area contributed by atoms with Crippen LogP contribution in [0.1, 0.15) is 30.0 Å². The molecule has 2 amide bonds. The van der Waals surface area contributed by atoms with Crippen LogP contribution in [0, 0.1) is 11.6 Å². The van der Waals surface area contributed by atoms with E-state index in [1.54, 1.807) is 18.5 Å². The molecule has 1 unspecified atom stereocenters. The maximum Gasteiger partial charge on any atom is 0.265 e. The normalized spacial score (nSPS) is 19.0. The Balaban J connectivity index is 1.40. The maximum atomic E-state index is 16.1. The molecule has 4 heterocycles. The summed E-state index contributed by atoms with van der Waals surface area (Å²) in [6, 6.07) is 10.7. The number of carbonyl (C=O) groups excluding carboxylic acids is 3. The second-order valence-electron chi connectivity index (χ2n) is 11.6. The number of piperidine rings is 1. The summed E-state index contributed by atoms with van der Waals surface area (Å²) in [5.74, 6) is -4.13. The number of nitrogens with one attached hydrogen (secondary N) is 1. The minimum absolute atomic E-state index is 0.0350. The predicted octanol–water partition coefficient (Wildman–Crippen LogP) is 2.53. The molecule has 7 N–H and O–H groups in total. The number of nitrogens with two attached hydrogens (primary N) is 3. The number of hydrogen-bond acceptors (Lipinski definition) is 8. The van der Waals surface area contributed by atoms with Crippen molar-refractivity contribution in [2.45, 2.75) is 24.3 Å². The number of pyridine rings is 1. The molecule has 2 aromatic heterocycles. The molecule has 46 heavy (non-hydrogen) atoms. The van der Waals surface area contributed by atoms with E-state index in [9.17, 15) is 18.8 Å². The van der Waals surface area contributed by atoms with Gasteiger partial charge in [0, 0.05) is 48.2 Å². The summed E-state index contributed by atoms with van der Waals surface area (Å²) in [6.07, 6.45) is 7.17. The molecule has 0 aliphatic carbocycles. The van der Waals surface area contributed by atoms with Crippen LogP contribution in [0.25, 0.3) is 27.8 Å². The Morgan fingerprint density at radius 3 is 2.33 bits per heavy atom. The average Bonchev–Trinajstić information content (AvgIpc) is 3.53. The van der Waals surface area contributed by atoms with Crippen LogP contribution < -0.4 is 22.5 Å². The topological polar surface area (TPSA) is 175 Å². The highest BCUT2D eigenvalue weighted by Gasteiger charge is 2.53. The van der Waals surface area contributed by atoms with Crippen molar-refractivity contribution in [1.82, 2.24) is 25.0 Å². The Hall–Kier alpha value is -5.43. The lowest BCUT2D eigenvalue weighted by Gasteiger charge is -2.40. The van der Waals surface area contributed by atoms with Crippen molar-refractivity contribution in [3.05, 3.63) is 95.6 Å². The van der Waals surface area contributed by atoms with Crippen LogP contribution in [-0.4, -0.2) is 63.9 Å². The highest BCUT2D eigenvalue weighted by atomic mass is 19.1. The molecule has 2 aliphatic heterocycles. The summed E-state index contributed by atoms with van der Waals surface area (Å²) >= 11 is 0. The summed E-state index contributed by atoms with van der Waals surface area (Å²) in [7, 11) is 1.46. The lowest BCUT2D eigenvalue weighted by atomic mass is 9.69. The first-order chi connectivity index (χ1) is 22.0. The van der Waals surface area contributed by atoms with Crippen LogP contribution in [-0.2, 0) is 19.8 Å². The van der Waals surface area contributed by atoms with Crippen LogP contribution in [0.2, 0.25) is 0 Å². The third-order valence-electron chi connectivity index (χ3n) is 8.78. The molecule has 0 spiro atoms. The van der Waals surface area contributed by atoms with E-state index in [0.29, 0.717) is 11.1 Å². The van der Waals surface area contributed by atoms with Crippen molar-refractivity contribution in [1.29, 1.82) is 0 Å². The van der Waals surface area contributed by atoms with E-state index in [1.165, 1.54) is 36.2 Å². The zero-order valence-electron chi connectivity index (χ0n) is 25.0. The SMILES string of the molecule is CN1CC(C(N)=O)(c2ccc(-c3cc(-c4cnn(C5CCNCC5)c4)cnc3N)c(F)c2)C(=O)C(c2ccc(F)cc2)=C1C(N)=O. The molecule has 6 rings (SSSR count). The van der Waals surface area contributed by atoms with Gasteiger partial charge < -0.3 is 27.4 Å². The highest BCUT2D eigenvalue weighted by Crippen LogP contribution is 2.41. The third kappa shape index (κ3) is 5.17. The van der Waals surface area contributed by atoms with Crippen LogP contribution in [0.4, 0.5) is 14.6 Å². The van der Waals surface area contributed by atoms with Gasteiger partial charge in [0.2, 0.25) is 5.91 Å². The summed E-state index contributed by atoms with van der Waals surface area (Å²) in [5, 5.41) is 7.87. The van der Waals surface area contributed by atoms with Crippen LogP contribution >= 0.6 is 0 Å². The Labute approximate surface area is 263 Å². The lowest BCUT2D eigenvalue weighted by Crippen LogP contribution is -2.58. The highest BCUT2D eigenvalue weighted by molar-refractivity contribution is 6.36. The Kier molecular flexibility index (Phi) is 7.86. The zero-order valence-corrected chi connectivity index (χ0v) is 25.0. The van der Waals surface area contributed by atoms with Crippen molar-refractivity contribution in [3.8, 4) is 22.3 Å². The zero-order chi connectivity index (χ0) is 32.7. The Morgan fingerprint density at radius 1 is 0.957 bits per heavy atom. The standard InChI is InChI=1S/C33H32F2N8O3/c1-42-17-33(32(38)46,29(44)27(28(42)31(37)45)18-2-5-22(34)6-3-18)21-4-7-24(26(35)13-21)25-12-19(14-40-30(25)36)20-15-41-43(16-20)23-8-10-39-11-9-23/h2-7,12-16,23,39H,8-11,17H2,1H3,(H2,36,40)(H2,37,45)(H2,38,46). The molecular weight excluding hydrogens is 594 g/mol. The average molecular weight is 627 g/mol. The van der Waals surface area contributed by atoms with E-state index >= 15 is 4.39 Å². The number of likely N-dealkylation sites (N-methyl/N-ethyl adjacent to an activating group) is 1. The van der Waals surface area contributed by atoms with E-state index < -0.39 is 34.6 Å². The van der Waals surface area contributed by atoms with Crippen molar-refractivity contribution in [3.63, 3.8) is 0 Å². The minimum atomic E-state index is -2.11. The fourth-order valence-corrected chi connectivity index (χ4v) is 6.37. The van der Waals surface area contributed by atoms with Gasteiger partial charge in [-0.2, -0.15) is 5.10 Å². The first-order valence-electron chi connectivity index (χ1n) is 14.7. The molecule has 4 aromatic rings. The van der Waals surface area contributed by atoms with Crippen molar-refractivity contribution in [2.24, 2.45) is 11.5 Å². The van der Waals surface area contributed by atoms with Gasteiger partial charge in [0.05, 0.1) is 17.8 Å². The molecule has 0 bridgehead atoms. The number of amides is 2. The van der Waals surface area contributed by atoms with Crippen molar-refractivity contribution in [2.75, 3.05) is 32.4 Å². The quantitative estimate of drug-likeness (QED) is 0.226. The van der Waals surface area contributed by atoms with Crippen molar-refractivity contribution >= 4 is 29.0 Å². The number of benzene rings is 2. The van der Waals surface area contributed by atoms with Gasteiger partial charge in [-0.15, -0.1) is 0 Å². The molecule has 11 nitrogen and oxygen atoms in total. The summed E-state index contributed by atoms with van der Waals surface area (Å²) in [5.41, 5.74) is 17.2. The number of aromatic nitrogens is 3. The number of nitrogen functional groups attached to an aromatic ring is 1. The molecule has 2 aliphatic rings. The first kappa shape index (κ1) is 30.6. The fourth-order valence-electron chi connectivity index (χ4n) is 6.37. The monoisotopic (exact) mass is 626 g/mol. The molecule has 13 heteroatoms. The van der Waals surface area contributed by atoms with Gasteiger partial charge in [0.15, 0.2) is 11.2 Å². The number of Topliss-reactive ketones (excluding diaryl/α,β-unsaturated/α-hetero) is 1. The van der Waals surface area contributed by atoms with Gasteiger partial charge in [0.25, 0.3) is 5.91 Å². The van der Waals surface area contributed by atoms with Gasteiger partial charge in [-0.1, -0.05) is 24.3 Å². The number of nitrogens with zero attached hydrogens (tertiary/aromatic N) is 4. The van der Waals surface area contributed by atoms with Gasteiger partial charge >= 0.3 is 0 Å². The molecule has 0 saturated carbocycles. The summed E-state index contributed by atoms with van der Waals surface area (Å²) in [4.78, 5) is 45.5. The Bertz CT molecular complexity index is 1900. The number of anilines is 1. The van der Waals surface area contributed by atoms with Gasteiger partial charge in [0.1, 0.15) is 23.1 Å². The number of halogens is 2. The summed E-state index contributed by atoms with van der Waals surface area (Å²) in [6.45, 7) is 1.44. The smallest absolute Gasteiger partial charge is 0.265 e. The van der Waals surface area contributed by atoms with E-state index in [1.807, 2.05) is 10.9 Å². The largest absolute Gasteiger partial charge is 0.383 e. The molecular formula is C33H32F2N8O3. The van der Waals surface area contributed by atoms with E-state index in [0.717, 1.165) is 49.7 Å². The van der Waals surface area contributed by atoms with E-state index in [2.05, 4.69) is 15.4 Å². The molecule has 1 saturated heterocycles. The molecule has 1 atom stereocenters. The van der Waals surface area contributed by atoms with Gasteiger partial charge in [-0.3, -0.25) is 19.1 Å². The van der Waals surface area contributed by atoms with Crippen molar-refractivity contribution < 1.29 is 23.2 Å². The maximum absolute atomic E-state index is 16.1.